The summed E-state index contributed by atoms with van der Waals surface area (Å²) in [5.41, 5.74) is 3.48. The summed E-state index contributed by atoms with van der Waals surface area (Å²) in [4.78, 5) is 0. The van der Waals surface area contributed by atoms with Gasteiger partial charge in [-0.3, -0.25) is 0 Å². The van der Waals surface area contributed by atoms with Crippen molar-refractivity contribution in [2.75, 3.05) is 6.61 Å². The molecule has 1 saturated carbocycles. The van der Waals surface area contributed by atoms with Crippen molar-refractivity contribution in [3.8, 4) is 0 Å². The van der Waals surface area contributed by atoms with Gasteiger partial charge in [0.1, 0.15) is 12.2 Å². The van der Waals surface area contributed by atoms with Gasteiger partial charge >= 0.3 is 0 Å². The molecule has 0 radical (unpaired) electrons. The van der Waals surface area contributed by atoms with Crippen LogP contribution in [0.2, 0.25) is 0 Å². The largest absolute Gasteiger partial charge is 0.374 e. The average molecular weight is 431 g/mol. The van der Waals surface area contributed by atoms with Crippen molar-refractivity contribution in [2.45, 2.75) is 50.7 Å². The molecule has 0 unspecified atom stereocenters. The van der Waals surface area contributed by atoms with Gasteiger partial charge in [0.25, 0.3) is 0 Å². The molecule has 5 rings (SSSR count). The molecule has 5 atom stereocenters. The van der Waals surface area contributed by atoms with Crippen LogP contribution in [0.25, 0.3) is 0 Å². The fourth-order valence-electron chi connectivity index (χ4n) is 4.40. The maximum absolute atomic E-state index is 6.46. The molecule has 2 fully saturated rings. The van der Waals surface area contributed by atoms with Crippen LogP contribution < -0.4 is 0 Å². The average Bonchev–Trinajstić information content (AvgIpc) is 3.63. The molecule has 0 amide bonds. The summed E-state index contributed by atoms with van der Waals surface area (Å²) >= 11 is 0. The van der Waals surface area contributed by atoms with Gasteiger partial charge in [-0.15, -0.1) is 0 Å². The van der Waals surface area contributed by atoms with E-state index in [9.17, 15) is 0 Å². The smallest absolute Gasteiger partial charge is 0.113 e. The van der Waals surface area contributed by atoms with Crippen LogP contribution in [0.3, 0.4) is 0 Å². The van der Waals surface area contributed by atoms with Crippen LogP contribution in [-0.2, 0) is 38.8 Å². The summed E-state index contributed by atoms with van der Waals surface area (Å²) in [5, 5.41) is 0. The standard InChI is InChI=1S/C28H30O4/c1-4-10-21(11-5-1)17-29-20-26-28(31-19-23-14-8-3-9-15-23)27(24-16-25(24)32-26)30-18-22-12-6-2-7-13-22/h1-15,24-28H,16-20H2/t24-,25-,26+,27+,28-/m0/s1. The summed E-state index contributed by atoms with van der Waals surface area (Å²) in [6.45, 7) is 2.17. The van der Waals surface area contributed by atoms with Crippen LogP contribution >= 0.6 is 0 Å². The van der Waals surface area contributed by atoms with Gasteiger partial charge in [0.2, 0.25) is 0 Å². The van der Waals surface area contributed by atoms with Crippen LogP contribution in [0.15, 0.2) is 91.0 Å². The highest BCUT2D eigenvalue weighted by Crippen LogP contribution is 2.46. The Morgan fingerprint density at radius 1 is 0.625 bits per heavy atom. The van der Waals surface area contributed by atoms with E-state index in [-0.39, 0.29) is 24.4 Å². The molecule has 3 aromatic rings. The van der Waals surface area contributed by atoms with Crippen LogP contribution in [-0.4, -0.2) is 31.0 Å². The van der Waals surface area contributed by atoms with Gasteiger partial charge in [-0.2, -0.15) is 0 Å². The zero-order chi connectivity index (χ0) is 21.6. The van der Waals surface area contributed by atoms with Crippen LogP contribution in [0.4, 0.5) is 0 Å². The Bertz CT molecular complexity index is 947. The highest BCUT2D eigenvalue weighted by atomic mass is 16.6. The predicted octanol–water partition coefficient (Wildman–Crippen LogP) is 5.16. The molecule has 1 aliphatic carbocycles. The molecule has 4 heteroatoms. The lowest BCUT2D eigenvalue weighted by molar-refractivity contribution is -0.201. The maximum atomic E-state index is 6.46. The van der Waals surface area contributed by atoms with Gasteiger partial charge in [-0.1, -0.05) is 91.0 Å². The Kier molecular flexibility index (Phi) is 6.95. The van der Waals surface area contributed by atoms with E-state index in [0.717, 1.165) is 17.5 Å². The number of rotatable bonds is 10. The van der Waals surface area contributed by atoms with Gasteiger partial charge in [-0.25, -0.2) is 0 Å². The predicted molar refractivity (Wildman–Crippen MR) is 123 cm³/mol. The van der Waals surface area contributed by atoms with E-state index in [1.807, 2.05) is 54.6 Å². The van der Waals surface area contributed by atoms with Gasteiger partial charge in [0.15, 0.2) is 0 Å². The van der Waals surface area contributed by atoms with Gasteiger partial charge < -0.3 is 18.9 Å². The van der Waals surface area contributed by atoms with Crippen molar-refractivity contribution in [3.05, 3.63) is 108 Å². The first-order chi connectivity index (χ1) is 15.9. The second kappa shape index (κ2) is 10.4. The Labute approximate surface area is 190 Å². The molecule has 1 aliphatic heterocycles. The van der Waals surface area contributed by atoms with Crippen molar-refractivity contribution in [1.82, 2.24) is 0 Å². The van der Waals surface area contributed by atoms with E-state index in [1.165, 1.54) is 5.56 Å². The van der Waals surface area contributed by atoms with E-state index >= 15 is 0 Å². The lowest BCUT2D eigenvalue weighted by Gasteiger charge is -2.37. The van der Waals surface area contributed by atoms with E-state index < -0.39 is 0 Å². The zero-order valence-corrected chi connectivity index (χ0v) is 18.2. The molecule has 1 saturated heterocycles. The maximum Gasteiger partial charge on any atom is 0.113 e. The lowest BCUT2D eigenvalue weighted by Crippen LogP contribution is -2.50. The molecule has 0 spiro atoms. The third-order valence-corrected chi connectivity index (χ3v) is 6.20. The second-order valence-electron chi connectivity index (χ2n) is 8.64. The van der Waals surface area contributed by atoms with E-state index in [2.05, 4.69) is 36.4 Å². The van der Waals surface area contributed by atoms with E-state index in [4.69, 9.17) is 18.9 Å². The molecule has 2 aliphatic rings. The minimum atomic E-state index is -0.168. The molecule has 166 valence electrons. The monoisotopic (exact) mass is 430 g/mol. The topological polar surface area (TPSA) is 36.9 Å². The Balaban J connectivity index is 1.26. The van der Waals surface area contributed by atoms with Crippen LogP contribution in [0.1, 0.15) is 23.1 Å². The molecule has 1 heterocycles. The number of ether oxygens (including phenoxy) is 4. The van der Waals surface area contributed by atoms with Crippen molar-refractivity contribution < 1.29 is 18.9 Å². The number of benzene rings is 3. The quantitative estimate of drug-likeness (QED) is 0.445. The van der Waals surface area contributed by atoms with Gasteiger partial charge in [-0.05, 0) is 23.1 Å². The second-order valence-corrected chi connectivity index (χ2v) is 8.64. The first-order valence-corrected chi connectivity index (χ1v) is 11.4. The molecule has 3 aromatic carbocycles. The lowest BCUT2D eigenvalue weighted by atomic mass is 10.0. The SMILES string of the molecule is c1ccc(COC[C@H]2O[C@H]3C[C@@H]3[C@@H](OCc3ccccc3)[C@H]2OCc2ccccc2)cc1. The first kappa shape index (κ1) is 21.4. The van der Waals surface area contributed by atoms with Gasteiger partial charge in [0.05, 0.1) is 38.6 Å². The van der Waals surface area contributed by atoms with Gasteiger partial charge in [0, 0.05) is 5.92 Å². The Morgan fingerprint density at radius 2 is 1.12 bits per heavy atom. The fraction of sp³-hybridized carbons (Fsp3) is 0.357. The number of hydrogen-bond acceptors (Lipinski definition) is 4. The summed E-state index contributed by atoms with van der Waals surface area (Å²) in [5.74, 6) is 0.393. The Hall–Kier alpha value is -2.50. The van der Waals surface area contributed by atoms with Crippen molar-refractivity contribution in [3.63, 3.8) is 0 Å². The number of fused-ring (bicyclic) bond motifs is 1. The minimum absolute atomic E-state index is 0.00277. The van der Waals surface area contributed by atoms with Crippen molar-refractivity contribution in [2.24, 2.45) is 5.92 Å². The number of hydrogen-bond donors (Lipinski definition) is 0. The van der Waals surface area contributed by atoms with Crippen LogP contribution in [0, 0.1) is 5.92 Å². The van der Waals surface area contributed by atoms with E-state index in [0.29, 0.717) is 32.3 Å². The molecule has 4 nitrogen and oxygen atoms in total. The van der Waals surface area contributed by atoms with Crippen molar-refractivity contribution in [1.29, 1.82) is 0 Å². The highest BCUT2D eigenvalue weighted by Gasteiger charge is 2.56. The van der Waals surface area contributed by atoms with Crippen molar-refractivity contribution >= 4 is 0 Å². The third kappa shape index (κ3) is 5.45. The summed E-state index contributed by atoms with van der Waals surface area (Å²) in [6.07, 6.45) is 0.964. The van der Waals surface area contributed by atoms with E-state index in [1.54, 1.807) is 0 Å². The normalized spacial score (nSPS) is 26.4. The third-order valence-electron chi connectivity index (χ3n) is 6.20. The molecular weight excluding hydrogens is 400 g/mol. The first-order valence-electron chi connectivity index (χ1n) is 11.4. The minimum Gasteiger partial charge on any atom is -0.374 e. The molecular formula is C28H30O4. The summed E-state index contributed by atoms with van der Waals surface area (Å²) in [6, 6.07) is 30.8. The zero-order valence-electron chi connectivity index (χ0n) is 18.2. The molecule has 0 aromatic heterocycles. The van der Waals surface area contributed by atoms with Crippen LogP contribution in [0.5, 0.6) is 0 Å². The highest BCUT2D eigenvalue weighted by molar-refractivity contribution is 5.16. The molecule has 0 bridgehead atoms. The summed E-state index contributed by atoms with van der Waals surface area (Å²) < 4.78 is 25.3. The summed E-state index contributed by atoms with van der Waals surface area (Å²) in [7, 11) is 0. The molecule has 0 N–H and O–H groups in total. The molecule has 32 heavy (non-hydrogen) atoms. The Morgan fingerprint density at radius 3 is 1.69 bits per heavy atom. The fourth-order valence-corrected chi connectivity index (χ4v) is 4.40.